The molecular formula is C15H21N3O3. The Hall–Kier alpha value is -1.79. The molecule has 0 spiro atoms. The highest BCUT2D eigenvalue weighted by Gasteiger charge is 2.28. The molecule has 6 heteroatoms. The minimum atomic E-state index is -0.321. The van der Waals surface area contributed by atoms with E-state index in [-0.39, 0.29) is 11.9 Å². The van der Waals surface area contributed by atoms with Gasteiger partial charge in [-0.25, -0.2) is 0 Å². The number of morpholine rings is 1. The molecule has 3 N–H and O–H groups in total. The Kier molecular flexibility index (Phi) is 4.26. The lowest BCUT2D eigenvalue weighted by Gasteiger charge is -2.36. The maximum Gasteiger partial charge on any atom is 0.169 e. The minimum absolute atomic E-state index is 0.145. The van der Waals surface area contributed by atoms with E-state index < -0.39 is 0 Å². The van der Waals surface area contributed by atoms with Gasteiger partial charge in [0.15, 0.2) is 5.84 Å². The third-order valence-corrected chi connectivity index (χ3v) is 4.16. The summed E-state index contributed by atoms with van der Waals surface area (Å²) < 4.78 is 11.2. The number of nitrogens with zero attached hydrogens (tertiary/aromatic N) is 2. The van der Waals surface area contributed by atoms with Crippen LogP contribution in [0.3, 0.4) is 0 Å². The summed E-state index contributed by atoms with van der Waals surface area (Å²) in [5.41, 5.74) is 6.92. The van der Waals surface area contributed by atoms with Crippen molar-refractivity contribution in [2.24, 2.45) is 10.9 Å². The molecular weight excluding hydrogens is 270 g/mol. The fraction of sp³-hybridized carbons (Fsp3) is 0.533. The Bertz CT molecular complexity index is 521. The lowest BCUT2D eigenvalue weighted by molar-refractivity contribution is 0.00110. The number of rotatable bonds is 3. The molecule has 1 fully saturated rings. The van der Waals surface area contributed by atoms with E-state index in [4.69, 9.17) is 20.4 Å². The van der Waals surface area contributed by atoms with Crippen molar-refractivity contribution in [3.8, 4) is 5.75 Å². The second kappa shape index (κ2) is 6.32. The molecule has 21 heavy (non-hydrogen) atoms. The van der Waals surface area contributed by atoms with Crippen LogP contribution in [0.25, 0.3) is 0 Å². The van der Waals surface area contributed by atoms with Crippen molar-refractivity contribution < 1.29 is 14.7 Å². The monoisotopic (exact) mass is 291 g/mol. The van der Waals surface area contributed by atoms with Gasteiger partial charge < -0.3 is 20.4 Å². The Morgan fingerprint density at radius 3 is 3.10 bits per heavy atom. The van der Waals surface area contributed by atoms with Gasteiger partial charge >= 0.3 is 0 Å². The second-order valence-electron chi connectivity index (χ2n) is 5.52. The van der Waals surface area contributed by atoms with E-state index in [0.717, 1.165) is 31.9 Å². The minimum Gasteiger partial charge on any atom is -0.493 e. The third-order valence-electron chi connectivity index (χ3n) is 4.16. The van der Waals surface area contributed by atoms with Crippen LogP contribution < -0.4 is 10.5 Å². The molecule has 6 nitrogen and oxygen atoms in total. The Balaban J connectivity index is 1.67. The molecule has 0 amide bonds. The number of fused-ring (bicyclic) bond motifs is 1. The molecule has 1 saturated heterocycles. The van der Waals surface area contributed by atoms with Crippen molar-refractivity contribution in [1.82, 2.24) is 4.90 Å². The first-order valence-corrected chi connectivity index (χ1v) is 7.31. The predicted molar refractivity (Wildman–Crippen MR) is 78.9 cm³/mol. The fourth-order valence-electron chi connectivity index (χ4n) is 3.03. The fourth-order valence-corrected chi connectivity index (χ4v) is 3.03. The van der Waals surface area contributed by atoms with Crippen LogP contribution in [0.5, 0.6) is 5.75 Å². The zero-order valence-corrected chi connectivity index (χ0v) is 11.9. The van der Waals surface area contributed by atoms with Gasteiger partial charge in [-0.3, -0.25) is 4.90 Å². The average Bonchev–Trinajstić information content (AvgIpc) is 2.55. The summed E-state index contributed by atoms with van der Waals surface area (Å²) in [6, 6.07) is 8.23. The van der Waals surface area contributed by atoms with Gasteiger partial charge in [-0.1, -0.05) is 23.4 Å². The normalized spacial score (nSPS) is 27.0. The Morgan fingerprint density at radius 2 is 2.24 bits per heavy atom. The number of para-hydroxylation sites is 1. The maximum absolute atomic E-state index is 8.77. The second-order valence-corrected chi connectivity index (χ2v) is 5.52. The van der Waals surface area contributed by atoms with Gasteiger partial charge in [0.25, 0.3) is 0 Å². The molecule has 2 heterocycles. The van der Waals surface area contributed by atoms with Crippen LogP contribution in [0.15, 0.2) is 29.4 Å². The summed E-state index contributed by atoms with van der Waals surface area (Å²) in [7, 11) is 0. The lowest BCUT2D eigenvalue weighted by Crippen LogP contribution is -2.49. The van der Waals surface area contributed by atoms with Crippen molar-refractivity contribution in [1.29, 1.82) is 0 Å². The van der Waals surface area contributed by atoms with E-state index >= 15 is 0 Å². The molecule has 0 aromatic heterocycles. The summed E-state index contributed by atoms with van der Waals surface area (Å²) in [6.07, 6.45) is 0.696. The number of oxime groups is 1. The lowest BCUT2D eigenvalue weighted by atomic mass is 9.92. The summed E-state index contributed by atoms with van der Waals surface area (Å²) >= 11 is 0. The Morgan fingerprint density at radius 1 is 1.38 bits per heavy atom. The molecule has 1 aromatic rings. The summed E-state index contributed by atoms with van der Waals surface area (Å²) in [6.45, 7) is 3.84. The zero-order valence-electron chi connectivity index (χ0n) is 11.9. The maximum atomic E-state index is 8.77. The molecule has 0 aliphatic carbocycles. The molecule has 2 unspecified atom stereocenters. The number of hydrogen-bond donors (Lipinski definition) is 2. The zero-order chi connectivity index (χ0) is 14.7. The Labute approximate surface area is 124 Å². The van der Waals surface area contributed by atoms with E-state index in [1.807, 2.05) is 12.1 Å². The van der Waals surface area contributed by atoms with Gasteiger partial charge in [-0.05, 0) is 18.1 Å². The van der Waals surface area contributed by atoms with Gasteiger partial charge in [-0.2, -0.15) is 0 Å². The van der Waals surface area contributed by atoms with Crippen LogP contribution >= 0.6 is 0 Å². The van der Waals surface area contributed by atoms with Crippen molar-refractivity contribution in [2.45, 2.75) is 18.4 Å². The highest BCUT2D eigenvalue weighted by molar-refractivity contribution is 5.84. The molecule has 1 aromatic carbocycles. The van der Waals surface area contributed by atoms with Crippen LogP contribution in [-0.2, 0) is 4.74 Å². The highest BCUT2D eigenvalue weighted by atomic mass is 16.5. The first-order chi connectivity index (χ1) is 10.3. The number of ether oxygens (including phenoxy) is 2. The van der Waals surface area contributed by atoms with Crippen molar-refractivity contribution >= 4 is 5.84 Å². The smallest absolute Gasteiger partial charge is 0.169 e. The molecule has 2 aliphatic heterocycles. The van der Waals surface area contributed by atoms with E-state index in [2.05, 4.69) is 22.2 Å². The van der Waals surface area contributed by atoms with E-state index in [0.29, 0.717) is 19.1 Å². The average molecular weight is 291 g/mol. The van der Waals surface area contributed by atoms with Gasteiger partial charge in [-0.15, -0.1) is 0 Å². The first kappa shape index (κ1) is 14.2. The van der Waals surface area contributed by atoms with Crippen LogP contribution in [0.2, 0.25) is 0 Å². The van der Waals surface area contributed by atoms with Gasteiger partial charge in [0.1, 0.15) is 11.9 Å². The summed E-state index contributed by atoms with van der Waals surface area (Å²) in [5.74, 6) is 1.60. The predicted octanol–water partition coefficient (Wildman–Crippen LogP) is 1.000. The topological polar surface area (TPSA) is 80.3 Å². The van der Waals surface area contributed by atoms with E-state index in [9.17, 15) is 0 Å². The number of benzene rings is 1. The van der Waals surface area contributed by atoms with E-state index in [1.165, 1.54) is 5.56 Å². The van der Waals surface area contributed by atoms with Gasteiger partial charge in [0.2, 0.25) is 0 Å². The number of hydrogen-bond acceptors (Lipinski definition) is 5. The van der Waals surface area contributed by atoms with Crippen LogP contribution in [0.1, 0.15) is 17.9 Å². The van der Waals surface area contributed by atoms with Crippen LogP contribution in [0, 0.1) is 0 Å². The standard InChI is InChI=1S/C15H21N3O3/c16-15(17-19)14-10-18(6-8-21-14)9-11-5-7-20-13-4-2-1-3-12(11)13/h1-4,11,14,19H,5-10H2,(H2,16,17). The van der Waals surface area contributed by atoms with E-state index in [1.54, 1.807) is 0 Å². The SMILES string of the molecule is N/C(=N/O)C1CN(CC2CCOc3ccccc32)CCO1. The van der Waals surface area contributed by atoms with Crippen molar-refractivity contribution in [2.75, 3.05) is 32.8 Å². The molecule has 0 radical (unpaired) electrons. The quantitative estimate of drug-likeness (QED) is 0.376. The van der Waals surface area contributed by atoms with Crippen LogP contribution in [-0.4, -0.2) is 54.9 Å². The third kappa shape index (κ3) is 3.11. The van der Waals surface area contributed by atoms with Crippen LogP contribution in [0.4, 0.5) is 0 Å². The van der Waals surface area contributed by atoms with Crippen molar-refractivity contribution in [3.63, 3.8) is 0 Å². The largest absolute Gasteiger partial charge is 0.493 e. The number of amidine groups is 1. The molecule has 2 aliphatic rings. The molecule has 114 valence electrons. The molecule has 0 saturated carbocycles. The highest BCUT2D eigenvalue weighted by Crippen LogP contribution is 2.34. The molecule has 3 rings (SSSR count). The number of nitrogens with two attached hydrogens (primary N) is 1. The van der Waals surface area contributed by atoms with Gasteiger partial charge in [0.05, 0.1) is 13.2 Å². The molecule has 2 atom stereocenters. The first-order valence-electron chi connectivity index (χ1n) is 7.31. The summed E-state index contributed by atoms with van der Waals surface area (Å²) in [4.78, 5) is 2.32. The van der Waals surface area contributed by atoms with Gasteiger partial charge in [0, 0.05) is 25.6 Å². The molecule has 0 bridgehead atoms. The summed E-state index contributed by atoms with van der Waals surface area (Å²) in [5, 5.41) is 11.8. The van der Waals surface area contributed by atoms with Crippen molar-refractivity contribution in [3.05, 3.63) is 29.8 Å².